The van der Waals surface area contributed by atoms with Gasteiger partial charge in [-0.25, -0.2) is 0 Å². The van der Waals surface area contributed by atoms with Crippen LogP contribution in [0.2, 0.25) is 0 Å². The maximum absolute atomic E-state index is 10.5. The van der Waals surface area contributed by atoms with E-state index in [4.69, 9.17) is 4.74 Å². The summed E-state index contributed by atoms with van der Waals surface area (Å²) in [5.74, 6) is 0.901. The number of nitrogens with zero attached hydrogens (tertiary/aromatic N) is 1. The highest BCUT2D eigenvalue weighted by atomic mass is 16.5. The number of aliphatic hydroxyl groups excluding tert-OH is 2. The first-order valence-corrected chi connectivity index (χ1v) is 9.93. The molecule has 0 aliphatic carbocycles. The normalized spacial score (nSPS) is 23.3. The molecule has 2 atom stereocenters. The zero-order valence-electron chi connectivity index (χ0n) is 16.2. The molecule has 27 heavy (non-hydrogen) atoms. The van der Waals surface area contributed by atoms with Gasteiger partial charge in [0.1, 0.15) is 12.4 Å². The molecule has 1 aliphatic rings. The summed E-state index contributed by atoms with van der Waals surface area (Å²) >= 11 is 0. The highest BCUT2D eigenvalue weighted by molar-refractivity contribution is 5.33. The van der Waals surface area contributed by atoms with E-state index in [1.165, 1.54) is 0 Å². The molecular weight excluding hydrogens is 338 g/mol. The first-order chi connectivity index (χ1) is 13.2. The van der Waals surface area contributed by atoms with Gasteiger partial charge in [-0.2, -0.15) is 0 Å². The zero-order chi connectivity index (χ0) is 19.1. The van der Waals surface area contributed by atoms with Crippen molar-refractivity contribution < 1.29 is 14.9 Å². The van der Waals surface area contributed by atoms with E-state index < -0.39 is 11.5 Å². The minimum atomic E-state index is -0.428. The fourth-order valence-corrected chi connectivity index (χ4v) is 4.11. The lowest BCUT2D eigenvalue weighted by Crippen LogP contribution is -2.53. The Hall–Kier alpha value is -1.88. The van der Waals surface area contributed by atoms with Gasteiger partial charge in [0, 0.05) is 30.6 Å². The van der Waals surface area contributed by atoms with Crippen LogP contribution in [-0.4, -0.2) is 40.9 Å². The van der Waals surface area contributed by atoms with Crippen LogP contribution in [0.3, 0.4) is 0 Å². The number of ether oxygens (including phenoxy) is 1. The number of rotatable bonds is 8. The topological polar surface area (TPSA) is 52.9 Å². The third-order valence-electron chi connectivity index (χ3n) is 5.63. The van der Waals surface area contributed by atoms with E-state index in [9.17, 15) is 10.2 Å². The number of benzene rings is 2. The fraction of sp³-hybridized carbons (Fsp3) is 0.478. The minimum Gasteiger partial charge on any atom is -0.489 e. The summed E-state index contributed by atoms with van der Waals surface area (Å²) in [5.41, 5.74) is 1.89. The van der Waals surface area contributed by atoms with Gasteiger partial charge < -0.3 is 14.9 Å². The maximum Gasteiger partial charge on any atom is 0.124 e. The summed E-state index contributed by atoms with van der Waals surface area (Å²) in [6.45, 7) is 5.00. The number of hydrogen-bond donors (Lipinski definition) is 2. The summed E-state index contributed by atoms with van der Waals surface area (Å²) < 4.78 is 6.09. The molecule has 4 heteroatoms. The lowest BCUT2D eigenvalue weighted by Gasteiger charge is -2.45. The summed E-state index contributed by atoms with van der Waals surface area (Å²) in [6.07, 6.45) is 2.08. The van der Waals surface area contributed by atoms with Crippen molar-refractivity contribution in [3.8, 4) is 5.75 Å². The number of likely N-dealkylation sites (tertiary alicyclic amines) is 1. The Morgan fingerprint density at radius 2 is 1.85 bits per heavy atom. The first-order valence-electron chi connectivity index (χ1n) is 9.93. The van der Waals surface area contributed by atoms with Gasteiger partial charge in [-0.1, -0.05) is 61.9 Å². The lowest BCUT2D eigenvalue weighted by molar-refractivity contribution is -0.0820. The molecule has 0 aromatic heterocycles. The molecule has 0 unspecified atom stereocenters. The molecule has 0 radical (unpaired) electrons. The van der Waals surface area contributed by atoms with Crippen molar-refractivity contribution in [2.45, 2.75) is 45.4 Å². The Kier molecular flexibility index (Phi) is 6.89. The standard InChI is InChI=1S/C23H31NO3/c1-2-13-23(18-25)17-24(14-12-22(23)26)15-20-10-6-7-11-21(20)27-16-19-8-4-3-5-9-19/h3-11,22,25-26H,2,12-18H2,1H3/t22-,23+/m1/s1. The quantitative estimate of drug-likeness (QED) is 0.746. The van der Waals surface area contributed by atoms with Crippen LogP contribution in [0.1, 0.15) is 37.3 Å². The molecule has 0 bridgehead atoms. The molecule has 0 amide bonds. The molecule has 1 aliphatic heterocycles. The van der Waals surface area contributed by atoms with E-state index in [-0.39, 0.29) is 6.61 Å². The van der Waals surface area contributed by atoms with Gasteiger partial charge in [0.25, 0.3) is 0 Å². The Morgan fingerprint density at radius 3 is 2.59 bits per heavy atom. The molecule has 1 saturated heterocycles. The number of piperidine rings is 1. The Balaban J connectivity index is 1.68. The van der Waals surface area contributed by atoms with Crippen LogP contribution in [0.25, 0.3) is 0 Å². The van der Waals surface area contributed by atoms with Crippen LogP contribution in [-0.2, 0) is 13.2 Å². The van der Waals surface area contributed by atoms with Crippen LogP contribution >= 0.6 is 0 Å². The highest BCUT2D eigenvalue weighted by Crippen LogP contribution is 2.35. The van der Waals surface area contributed by atoms with E-state index >= 15 is 0 Å². The van der Waals surface area contributed by atoms with Crippen molar-refractivity contribution in [2.75, 3.05) is 19.7 Å². The molecule has 0 saturated carbocycles. The SMILES string of the molecule is CCC[C@@]1(CO)CN(Cc2ccccc2OCc2ccccc2)CC[C@H]1O. The minimum absolute atomic E-state index is 0.0324. The average molecular weight is 370 g/mol. The van der Waals surface area contributed by atoms with Gasteiger partial charge in [0.05, 0.1) is 12.7 Å². The van der Waals surface area contributed by atoms with E-state index in [2.05, 4.69) is 30.0 Å². The summed E-state index contributed by atoms with van der Waals surface area (Å²) in [7, 11) is 0. The summed E-state index contributed by atoms with van der Waals surface area (Å²) in [6, 6.07) is 18.3. The van der Waals surface area contributed by atoms with Crippen LogP contribution in [0.4, 0.5) is 0 Å². The van der Waals surface area contributed by atoms with E-state index in [0.29, 0.717) is 19.6 Å². The third kappa shape index (κ3) is 4.89. The Morgan fingerprint density at radius 1 is 1.11 bits per heavy atom. The van der Waals surface area contributed by atoms with Crippen LogP contribution < -0.4 is 4.74 Å². The largest absolute Gasteiger partial charge is 0.489 e. The fourth-order valence-electron chi connectivity index (χ4n) is 4.11. The van der Waals surface area contributed by atoms with Crippen molar-refractivity contribution in [3.05, 3.63) is 65.7 Å². The second kappa shape index (κ2) is 9.36. The number of hydrogen-bond acceptors (Lipinski definition) is 4. The molecule has 0 spiro atoms. The molecule has 2 aromatic carbocycles. The molecule has 2 N–H and O–H groups in total. The van der Waals surface area contributed by atoms with Gasteiger partial charge in [0.15, 0.2) is 0 Å². The van der Waals surface area contributed by atoms with E-state index in [1.54, 1.807) is 0 Å². The molecule has 3 rings (SSSR count). The van der Waals surface area contributed by atoms with E-state index in [0.717, 1.165) is 42.8 Å². The average Bonchev–Trinajstić information content (AvgIpc) is 2.71. The highest BCUT2D eigenvalue weighted by Gasteiger charge is 2.41. The second-order valence-corrected chi connectivity index (χ2v) is 7.67. The van der Waals surface area contributed by atoms with Gasteiger partial charge >= 0.3 is 0 Å². The molecule has 1 heterocycles. The molecular formula is C23H31NO3. The van der Waals surface area contributed by atoms with Crippen LogP contribution in [0.15, 0.2) is 54.6 Å². The van der Waals surface area contributed by atoms with Crippen molar-refractivity contribution in [1.29, 1.82) is 0 Å². The maximum atomic E-state index is 10.5. The second-order valence-electron chi connectivity index (χ2n) is 7.67. The first kappa shape index (κ1) is 19.9. The van der Waals surface area contributed by atoms with Crippen molar-refractivity contribution in [1.82, 2.24) is 4.90 Å². The smallest absolute Gasteiger partial charge is 0.124 e. The molecule has 4 nitrogen and oxygen atoms in total. The predicted molar refractivity (Wildman–Crippen MR) is 108 cm³/mol. The van der Waals surface area contributed by atoms with E-state index in [1.807, 2.05) is 36.4 Å². The van der Waals surface area contributed by atoms with Crippen molar-refractivity contribution in [2.24, 2.45) is 5.41 Å². The number of aliphatic hydroxyl groups is 2. The molecule has 146 valence electrons. The molecule has 2 aromatic rings. The summed E-state index contributed by atoms with van der Waals surface area (Å²) in [4.78, 5) is 2.34. The lowest BCUT2D eigenvalue weighted by atomic mass is 9.74. The van der Waals surface area contributed by atoms with Gasteiger partial charge in [0.2, 0.25) is 0 Å². The van der Waals surface area contributed by atoms with Crippen molar-refractivity contribution >= 4 is 0 Å². The van der Waals surface area contributed by atoms with Gasteiger partial charge in [-0.15, -0.1) is 0 Å². The van der Waals surface area contributed by atoms with Crippen LogP contribution in [0.5, 0.6) is 5.75 Å². The summed E-state index contributed by atoms with van der Waals surface area (Å²) in [5, 5.41) is 20.5. The predicted octanol–water partition coefficient (Wildman–Crippen LogP) is 3.61. The van der Waals surface area contributed by atoms with Gasteiger partial charge in [-0.05, 0) is 24.5 Å². The molecule has 1 fully saturated rings. The number of para-hydroxylation sites is 1. The van der Waals surface area contributed by atoms with Gasteiger partial charge in [-0.3, -0.25) is 4.90 Å². The Labute approximate surface area is 162 Å². The van der Waals surface area contributed by atoms with Crippen LogP contribution in [0, 0.1) is 5.41 Å². The Bertz CT molecular complexity index is 706. The monoisotopic (exact) mass is 369 g/mol. The van der Waals surface area contributed by atoms with Crippen molar-refractivity contribution in [3.63, 3.8) is 0 Å². The zero-order valence-corrected chi connectivity index (χ0v) is 16.2. The third-order valence-corrected chi connectivity index (χ3v) is 5.63.